The summed E-state index contributed by atoms with van der Waals surface area (Å²) in [5.41, 5.74) is 1.12. The maximum absolute atomic E-state index is 5.69. The summed E-state index contributed by atoms with van der Waals surface area (Å²) in [6.07, 6.45) is 0. The summed E-state index contributed by atoms with van der Waals surface area (Å²) in [5, 5.41) is 6.62. The lowest BCUT2D eigenvalue weighted by Gasteiger charge is -2.28. The van der Waals surface area contributed by atoms with Gasteiger partial charge in [0.05, 0.1) is 6.61 Å². The van der Waals surface area contributed by atoms with Crippen LogP contribution in [0.15, 0.2) is 23.2 Å². The highest BCUT2D eigenvalue weighted by atomic mass is 16.6. The summed E-state index contributed by atoms with van der Waals surface area (Å²) in [4.78, 5) is 4.25. The maximum Gasteiger partial charge on any atom is 0.191 e. The molecule has 134 valence electrons. The predicted molar refractivity (Wildman–Crippen MR) is 96.3 cm³/mol. The van der Waals surface area contributed by atoms with Gasteiger partial charge in [-0.3, -0.25) is 4.99 Å². The van der Waals surface area contributed by atoms with Gasteiger partial charge in [-0.1, -0.05) is 19.9 Å². The molecule has 0 radical (unpaired) electrons. The van der Waals surface area contributed by atoms with Crippen molar-refractivity contribution < 1.29 is 14.2 Å². The molecule has 0 unspecified atom stereocenters. The number of benzene rings is 1. The zero-order valence-corrected chi connectivity index (χ0v) is 15.1. The molecule has 1 aliphatic heterocycles. The van der Waals surface area contributed by atoms with E-state index in [4.69, 9.17) is 14.2 Å². The molecule has 0 amide bonds. The zero-order chi connectivity index (χ0) is 17.4. The molecule has 0 bridgehead atoms. The van der Waals surface area contributed by atoms with E-state index in [0.29, 0.717) is 19.8 Å². The fraction of sp³-hybridized carbons (Fsp3) is 0.611. The smallest absolute Gasteiger partial charge is 0.191 e. The summed E-state index contributed by atoms with van der Waals surface area (Å²) >= 11 is 0. The Labute approximate surface area is 144 Å². The number of hydrogen-bond donors (Lipinski definition) is 2. The van der Waals surface area contributed by atoms with Crippen LogP contribution in [0.2, 0.25) is 0 Å². The van der Waals surface area contributed by atoms with Crippen LogP contribution in [0.5, 0.6) is 11.5 Å². The van der Waals surface area contributed by atoms with E-state index < -0.39 is 0 Å². The topological polar surface area (TPSA) is 64.1 Å². The molecule has 6 nitrogen and oxygen atoms in total. The Morgan fingerprint density at radius 3 is 2.67 bits per heavy atom. The Hall–Kier alpha value is -1.95. The molecule has 0 atom stereocenters. The summed E-state index contributed by atoms with van der Waals surface area (Å²) in [7, 11) is 1.77. The van der Waals surface area contributed by atoms with Gasteiger partial charge >= 0.3 is 0 Å². The highest BCUT2D eigenvalue weighted by Crippen LogP contribution is 2.34. The van der Waals surface area contributed by atoms with Gasteiger partial charge in [-0.05, 0) is 24.6 Å². The first-order chi connectivity index (χ1) is 11.6. The van der Waals surface area contributed by atoms with Crippen LogP contribution in [0, 0.1) is 0 Å². The van der Waals surface area contributed by atoms with E-state index in [2.05, 4.69) is 41.6 Å². The fourth-order valence-corrected chi connectivity index (χ4v) is 2.48. The fourth-order valence-electron chi connectivity index (χ4n) is 2.48. The third-order valence-electron chi connectivity index (χ3n) is 3.99. The number of fused-ring (bicyclic) bond motifs is 1. The molecule has 0 saturated heterocycles. The second-order valence-electron chi connectivity index (χ2n) is 6.29. The van der Waals surface area contributed by atoms with Crippen molar-refractivity contribution in [1.82, 2.24) is 10.6 Å². The summed E-state index contributed by atoms with van der Waals surface area (Å²) in [5.74, 6) is 2.42. The van der Waals surface area contributed by atoms with Crippen LogP contribution in [-0.2, 0) is 10.2 Å². The lowest BCUT2D eigenvalue weighted by molar-refractivity contribution is 0.152. The van der Waals surface area contributed by atoms with Crippen molar-refractivity contribution in [3.05, 3.63) is 23.8 Å². The Kier molecular flexibility index (Phi) is 6.73. The molecule has 0 aromatic heterocycles. The van der Waals surface area contributed by atoms with Crippen LogP contribution in [0.25, 0.3) is 0 Å². The van der Waals surface area contributed by atoms with Crippen LogP contribution in [0.4, 0.5) is 0 Å². The Morgan fingerprint density at radius 2 is 1.96 bits per heavy atom. The summed E-state index contributed by atoms with van der Waals surface area (Å²) < 4.78 is 16.6. The monoisotopic (exact) mass is 335 g/mol. The SMILES string of the molecule is CCOCCNC(=NC)NCC(C)(C)c1ccc2c(c1)OCCO2. The minimum absolute atomic E-state index is 0.0760. The molecular weight excluding hydrogens is 306 g/mol. The van der Waals surface area contributed by atoms with Gasteiger partial charge in [0.1, 0.15) is 13.2 Å². The Bertz CT molecular complexity index is 558. The maximum atomic E-state index is 5.69. The van der Waals surface area contributed by atoms with Gasteiger partial charge < -0.3 is 24.8 Å². The molecule has 0 aliphatic carbocycles. The van der Waals surface area contributed by atoms with Crippen molar-refractivity contribution in [3.8, 4) is 11.5 Å². The van der Waals surface area contributed by atoms with Gasteiger partial charge in [0.25, 0.3) is 0 Å². The summed E-state index contributed by atoms with van der Waals surface area (Å²) in [6, 6.07) is 6.16. The molecule has 2 N–H and O–H groups in total. The van der Waals surface area contributed by atoms with Crippen molar-refractivity contribution in [2.24, 2.45) is 4.99 Å². The molecular formula is C18H29N3O3. The molecule has 0 spiro atoms. The molecule has 2 rings (SSSR count). The minimum atomic E-state index is -0.0760. The molecule has 0 fully saturated rings. The lowest BCUT2D eigenvalue weighted by atomic mass is 9.84. The van der Waals surface area contributed by atoms with Gasteiger partial charge in [-0.2, -0.15) is 0 Å². The van der Waals surface area contributed by atoms with Crippen LogP contribution < -0.4 is 20.1 Å². The van der Waals surface area contributed by atoms with Crippen LogP contribution in [0.1, 0.15) is 26.3 Å². The predicted octanol–water partition coefficient (Wildman–Crippen LogP) is 1.94. The van der Waals surface area contributed by atoms with E-state index in [-0.39, 0.29) is 5.41 Å². The average Bonchev–Trinajstić information content (AvgIpc) is 2.60. The number of rotatable bonds is 7. The van der Waals surface area contributed by atoms with Gasteiger partial charge in [-0.25, -0.2) is 0 Å². The molecule has 1 aromatic rings. The second-order valence-corrected chi connectivity index (χ2v) is 6.29. The van der Waals surface area contributed by atoms with Crippen molar-refractivity contribution in [3.63, 3.8) is 0 Å². The quantitative estimate of drug-likeness (QED) is 0.453. The normalized spacial score (nSPS) is 14.4. The minimum Gasteiger partial charge on any atom is -0.486 e. The zero-order valence-electron chi connectivity index (χ0n) is 15.1. The van der Waals surface area contributed by atoms with E-state index in [1.807, 2.05) is 13.0 Å². The van der Waals surface area contributed by atoms with Crippen molar-refractivity contribution in [2.45, 2.75) is 26.2 Å². The van der Waals surface area contributed by atoms with Gasteiger partial charge in [-0.15, -0.1) is 0 Å². The van der Waals surface area contributed by atoms with E-state index in [0.717, 1.165) is 37.2 Å². The highest BCUT2D eigenvalue weighted by molar-refractivity contribution is 5.79. The Morgan fingerprint density at radius 1 is 1.21 bits per heavy atom. The number of aliphatic imine (C=N–C) groups is 1. The van der Waals surface area contributed by atoms with E-state index >= 15 is 0 Å². The molecule has 1 aliphatic rings. The lowest BCUT2D eigenvalue weighted by Crippen LogP contribution is -2.44. The van der Waals surface area contributed by atoms with Gasteiger partial charge in [0.15, 0.2) is 17.5 Å². The number of hydrogen-bond acceptors (Lipinski definition) is 4. The van der Waals surface area contributed by atoms with Crippen molar-refractivity contribution in [1.29, 1.82) is 0 Å². The Balaban J connectivity index is 1.92. The van der Waals surface area contributed by atoms with Gasteiger partial charge in [0.2, 0.25) is 0 Å². The highest BCUT2D eigenvalue weighted by Gasteiger charge is 2.23. The number of ether oxygens (including phenoxy) is 3. The third kappa shape index (κ3) is 5.03. The third-order valence-corrected chi connectivity index (χ3v) is 3.99. The number of nitrogens with one attached hydrogen (secondary N) is 2. The van der Waals surface area contributed by atoms with Crippen LogP contribution in [0.3, 0.4) is 0 Å². The first-order valence-corrected chi connectivity index (χ1v) is 8.49. The first-order valence-electron chi connectivity index (χ1n) is 8.49. The van der Waals surface area contributed by atoms with Crippen LogP contribution >= 0.6 is 0 Å². The van der Waals surface area contributed by atoms with E-state index in [9.17, 15) is 0 Å². The van der Waals surface area contributed by atoms with E-state index in [1.165, 1.54) is 5.56 Å². The van der Waals surface area contributed by atoms with Crippen molar-refractivity contribution >= 4 is 5.96 Å². The van der Waals surface area contributed by atoms with E-state index in [1.54, 1.807) is 7.05 Å². The average molecular weight is 335 g/mol. The molecule has 6 heteroatoms. The molecule has 0 saturated carbocycles. The largest absolute Gasteiger partial charge is 0.486 e. The van der Waals surface area contributed by atoms with Crippen molar-refractivity contribution in [2.75, 3.05) is 46.6 Å². The standard InChI is InChI=1S/C18H29N3O3/c1-5-22-9-8-20-17(19-4)21-13-18(2,3)14-6-7-15-16(12-14)24-11-10-23-15/h6-7,12H,5,8-11,13H2,1-4H3,(H2,19,20,21). The molecule has 1 heterocycles. The second kappa shape index (κ2) is 8.78. The van der Waals surface area contributed by atoms with Crippen LogP contribution in [-0.4, -0.2) is 52.5 Å². The molecule has 24 heavy (non-hydrogen) atoms. The first kappa shape index (κ1) is 18.4. The number of guanidine groups is 1. The van der Waals surface area contributed by atoms with Gasteiger partial charge in [0, 0.05) is 32.2 Å². The summed E-state index contributed by atoms with van der Waals surface area (Å²) in [6.45, 7) is 10.5. The number of nitrogens with zero attached hydrogens (tertiary/aromatic N) is 1. The molecule has 1 aromatic carbocycles.